The van der Waals surface area contributed by atoms with Crippen LogP contribution < -0.4 is 10.6 Å². The van der Waals surface area contributed by atoms with Gasteiger partial charge in [0.2, 0.25) is 0 Å². The van der Waals surface area contributed by atoms with Crippen LogP contribution in [0.15, 0.2) is 48.5 Å². The van der Waals surface area contributed by atoms with Gasteiger partial charge < -0.3 is 20.1 Å². The van der Waals surface area contributed by atoms with Gasteiger partial charge in [0.25, 0.3) is 5.91 Å². The fourth-order valence-corrected chi connectivity index (χ4v) is 5.72. The first kappa shape index (κ1) is 40.6. The normalized spacial score (nSPS) is 11.2. The van der Waals surface area contributed by atoms with Gasteiger partial charge in [0.05, 0.1) is 33.0 Å². The molecule has 0 unspecified atom stereocenters. The number of nitrogens with one attached hydrogen (secondary N) is 2. The minimum Gasteiger partial charge on any atom is -0.378 e. The zero-order valence-corrected chi connectivity index (χ0v) is 29.9. The zero-order chi connectivity index (χ0) is 33.6. The van der Waals surface area contributed by atoms with E-state index in [9.17, 15) is 9.59 Å². The molecule has 0 saturated carbocycles. The molecule has 0 aliphatic rings. The van der Waals surface area contributed by atoms with Gasteiger partial charge in [-0.3, -0.25) is 9.59 Å². The number of Topliss-reactive ketones (excluding diaryl/α,β-unsaturated/α-hetero) is 1. The van der Waals surface area contributed by atoms with Crippen molar-refractivity contribution in [2.75, 3.05) is 46.1 Å². The molecular formula is C41H66N2O4. The molecule has 2 aromatic rings. The van der Waals surface area contributed by atoms with Gasteiger partial charge in [0, 0.05) is 24.2 Å². The molecule has 47 heavy (non-hydrogen) atoms. The van der Waals surface area contributed by atoms with Crippen molar-refractivity contribution < 1.29 is 19.1 Å². The van der Waals surface area contributed by atoms with Crippen LogP contribution in [0, 0.1) is 0 Å². The van der Waals surface area contributed by atoms with Gasteiger partial charge in [0.1, 0.15) is 0 Å². The molecule has 2 rings (SSSR count). The van der Waals surface area contributed by atoms with Crippen molar-refractivity contribution in [3.8, 4) is 0 Å². The van der Waals surface area contributed by atoms with Crippen LogP contribution in [0.1, 0.15) is 148 Å². The summed E-state index contributed by atoms with van der Waals surface area (Å²) in [6.45, 7) is 7.79. The van der Waals surface area contributed by atoms with Crippen molar-refractivity contribution in [1.29, 1.82) is 0 Å². The number of ketones is 1. The molecule has 0 spiro atoms. The number of hydrogen-bond acceptors (Lipinski definition) is 5. The second-order valence-electron chi connectivity index (χ2n) is 12.9. The SMILES string of the molecule is CCCCCCCCCCc1ccc(C(=O)CNCCOCCOCCNC(=O)c2ccc(CCCCCCCCCC)cc2)cc1. The molecule has 264 valence electrons. The monoisotopic (exact) mass is 651 g/mol. The molecule has 0 aliphatic carbocycles. The standard InChI is InChI=1S/C41H66N2O4/c1-3-5-7-9-11-13-15-17-19-36-21-25-38(26-22-36)40(44)35-42-29-31-46-33-34-47-32-30-43-41(45)39-27-23-37(24-28-39)20-18-16-14-12-10-8-6-4-2/h21-28,42H,3-20,29-35H2,1-2H3,(H,43,45). The fourth-order valence-electron chi connectivity index (χ4n) is 5.72. The van der Waals surface area contributed by atoms with Gasteiger partial charge in [-0.05, 0) is 48.9 Å². The summed E-state index contributed by atoms with van der Waals surface area (Å²) in [5, 5.41) is 6.09. The van der Waals surface area contributed by atoms with Crippen molar-refractivity contribution in [3.63, 3.8) is 0 Å². The molecule has 0 aliphatic heterocycles. The van der Waals surface area contributed by atoms with Gasteiger partial charge in [0.15, 0.2) is 5.78 Å². The van der Waals surface area contributed by atoms with Crippen molar-refractivity contribution in [3.05, 3.63) is 70.8 Å². The number of ether oxygens (including phenoxy) is 2. The molecule has 0 bridgehead atoms. The minimum absolute atomic E-state index is 0.0705. The maximum atomic E-state index is 12.5. The Morgan fingerprint density at radius 3 is 1.43 bits per heavy atom. The number of benzene rings is 2. The quantitative estimate of drug-likeness (QED) is 0.0628. The van der Waals surface area contributed by atoms with Crippen LogP contribution in [0.2, 0.25) is 0 Å². The van der Waals surface area contributed by atoms with E-state index in [-0.39, 0.29) is 11.7 Å². The number of unbranched alkanes of at least 4 members (excludes halogenated alkanes) is 14. The van der Waals surface area contributed by atoms with E-state index in [4.69, 9.17) is 9.47 Å². The Labute approximate surface area is 287 Å². The van der Waals surface area contributed by atoms with E-state index in [1.54, 1.807) is 0 Å². The first-order valence-corrected chi connectivity index (χ1v) is 19.0. The van der Waals surface area contributed by atoms with Crippen molar-refractivity contribution in [1.82, 2.24) is 10.6 Å². The highest BCUT2D eigenvalue weighted by molar-refractivity contribution is 5.97. The molecule has 6 nitrogen and oxygen atoms in total. The van der Waals surface area contributed by atoms with E-state index >= 15 is 0 Å². The number of amides is 1. The first-order chi connectivity index (χ1) is 23.1. The fraction of sp³-hybridized carbons (Fsp3) is 0.659. The second-order valence-corrected chi connectivity index (χ2v) is 12.9. The lowest BCUT2D eigenvalue weighted by atomic mass is 10.0. The average Bonchev–Trinajstić information content (AvgIpc) is 3.09. The summed E-state index contributed by atoms with van der Waals surface area (Å²) < 4.78 is 11.2. The van der Waals surface area contributed by atoms with Gasteiger partial charge >= 0.3 is 0 Å². The molecule has 0 saturated heterocycles. The third-order valence-electron chi connectivity index (χ3n) is 8.74. The lowest BCUT2D eigenvalue weighted by Crippen LogP contribution is -2.28. The van der Waals surface area contributed by atoms with Crippen molar-refractivity contribution in [2.45, 2.75) is 129 Å². The summed E-state index contributed by atoms with van der Waals surface area (Å²) in [6.07, 6.45) is 23.4. The van der Waals surface area contributed by atoms with Gasteiger partial charge in [-0.2, -0.15) is 0 Å². The summed E-state index contributed by atoms with van der Waals surface area (Å²) in [5.41, 5.74) is 4.05. The van der Waals surface area contributed by atoms with E-state index in [0.717, 1.165) is 18.4 Å². The van der Waals surface area contributed by atoms with Crippen LogP contribution in [-0.4, -0.2) is 57.8 Å². The first-order valence-electron chi connectivity index (χ1n) is 19.0. The smallest absolute Gasteiger partial charge is 0.251 e. The van der Waals surface area contributed by atoms with Crippen LogP contribution in [0.25, 0.3) is 0 Å². The number of carbonyl (C=O) groups excluding carboxylic acids is 2. The molecule has 6 heteroatoms. The highest BCUT2D eigenvalue weighted by Gasteiger charge is 2.07. The van der Waals surface area contributed by atoms with Crippen LogP contribution in [0.3, 0.4) is 0 Å². The maximum absolute atomic E-state index is 12.5. The molecule has 0 aromatic heterocycles. The van der Waals surface area contributed by atoms with E-state index in [1.165, 1.54) is 114 Å². The van der Waals surface area contributed by atoms with Crippen LogP contribution in [0.5, 0.6) is 0 Å². The Kier molecular flexibility index (Phi) is 24.6. The molecule has 2 aromatic carbocycles. The number of carbonyl (C=O) groups is 2. The molecule has 0 atom stereocenters. The minimum atomic E-state index is -0.0705. The summed E-state index contributed by atoms with van der Waals surface area (Å²) in [7, 11) is 0. The lowest BCUT2D eigenvalue weighted by Gasteiger charge is -2.09. The predicted octanol–water partition coefficient (Wildman–Crippen LogP) is 9.29. The number of rotatable bonds is 31. The summed E-state index contributed by atoms with van der Waals surface area (Å²) >= 11 is 0. The summed E-state index contributed by atoms with van der Waals surface area (Å²) in [4.78, 5) is 24.9. The zero-order valence-electron chi connectivity index (χ0n) is 29.9. The van der Waals surface area contributed by atoms with E-state index < -0.39 is 0 Å². The average molecular weight is 651 g/mol. The third kappa shape index (κ3) is 21.1. The molecule has 2 N–H and O–H groups in total. The van der Waals surface area contributed by atoms with Crippen molar-refractivity contribution >= 4 is 11.7 Å². The van der Waals surface area contributed by atoms with E-state index in [0.29, 0.717) is 51.6 Å². The Hall–Kier alpha value is -2.54. The molecule has 0 radical (unpaired) electrons. The maximum Gasteiger partial charge on any atom is 0.251 e. The van der Waals surface area contributed by atoms with Gasteiger partial charge in [-0.25, -0.2) is 0 Å². The van der Waals surface area contributed by atoms with Crippen LogP contribution in [-0.2, 0) is 22.3 Å². The van der Waals surface area contributed by atoms with Crippen molar-refractivity contribution in [2.24, 2.45) is 0 Å². The lowest BCUT2D eigenvalue weighted by molar-refractivity contribution is 0.0492. The van der Waals surface area contributed by atoms with Gasteiger partial charge in [-0.15, -0.1) is 0 Å². The predicted molar refractivity (Wildman–Crippen MR) is 197 cm³/mol. The topological polar surface area (TPSA) is 76.7 Å². The highest BCUT2D eigenvalue weighted by Crippen LogP contribution is 2.14. The Morgan fingerprint density at radius 2 is 0.936 bits per heavy atom. The van der Waals surface area contributed by atoms with E-state index in [1.807, 2.05) is 24.3 Å². The summed E-state index contributed by atoms with van der Waals surface area (Å²) in [6, 6.07) is 16.1. The van der Waals surface area contributed by atoms with E-state index in [2.05, 4.69) is 48.7 Å². The Balaban J connectivity index is 1.40. The molecule has 1 amide bonds. The van der Waals surface area contributed by atoms with Gasteiger partial charge in [-0.1, -0.05) is 140 Å². The molecular weight excluding hydrogens is 584 g/mol. The Bertz CT molecular complexity index is 955. The largest absolute Gasteiger partial charge is 0.378 e. The Morgan fingerprint density at radius 1 is 0.511 bits per heavy atom. The van der Waals surface area contributed by atoms with Crippen LogP contribution >= 0.6 is 0 Å². The molecule has 0 heterocycles. The number of aryl methyl sites for hydroxylation is 2. The third-order valence-corrected chi connectivity index (χ3v) is 8.74. The number of hydrogen-bond donors (Lipinski definition) is 2. The second kappa shape index (κ2) is 28.5. The van der Waals surface area contributed by atoms with Crippen LogP contribution in [0.4, 0.5) is 0 Å². The highest BCUT2D eigenvalue weighted by atomic mass is 16.5. The summed E-state index contributed by atoms with van der Waals surface area (Å²) in [5.74, 6) is 0.0302. The molecule has 0 fully saturated rings.